The van der Waals surface area contributed by atoms with E-state index in [-0.39, 0.29) is 41.3 Å². The largest absolute Gasteiger partial charge is 0.456 e. The second-order valence-electron chi connectivity index (χ2n) is 8.14. The van der Waals surface area contributed by atoms with Crippen molar-refractivity contribution in [3.05, 3.63) is 61.1 Å². The van der Waals surface area contributed by atoms with Gasteiger partial charge in [-0.2, -0.15) is 8.42 Å². The summed E-state index contributed by atoms with van der Waals surface area (Å²) >= 11 is 7.14. The highest BCUT2D eigenvalue weighted by Gasteiger charge is 2.58. The molecule has 0 unspecified atom stereocenters. The van der Waals surface area contributed by atoms with Crippen LogP contribution in [0.3, 0.4) is 0 Å². The molecule has 2 amide bonds. The molecule has 0 aromatic heterocycles. The molecule has 1 fully saturated rings. The Hall–Kier alpha value is -2.98. The van der Waals surface area contributed by atoms with Crippen LogP contribution in [-0.4, -0.2) is 54.8 Å². The number of ether oxygens (including phenoxy) is 1. The molecule has 1 saturated heterocycles. The average Bonchev–Trinajstić information content (AvgIpc) is 3.14. The van der Waals surface area contributed by atoms with E-state index < -0.39 is 45.3 Å². The van der Waals surface area contributed by atoms with Gasteiger partial charge >= 0.3 is 16.4 Å². The van der Waals surface area contributed by atoms with Gasteiger partial charge < -0.3 is 15.0 Å². The highest BCUT2D eigenvalue weighted by Crippen LogP contribution is 2.49. The lowest BCUT2D eigenvalue weighted by atomic mass is 9.83. The Morgan fingerprint density at radius 3 is 2.58 bits per heavy atom. The Balaban J connectivity index is 1.80. The van der Waals surface area contributed by atoms with Crippen molar-refractivity contribution in [2.24, 2.45) is 5.92 Å². The zero-order valence-electron chi connectivity index (χ0n) is 20.4. The third-order valence-corrected chi connectivity index (χ3v) is 7.85. The van der Waals surface area contributed by atoms with Crippen LogP contribution in [0.2, 0.25) is 0 Å². The second kappa shape index (κ2) is 12.3. The van der Waals surface area contributed by atoms with E-state index in [4.69, 9.17) is 20.5 Å². The van der Waals surface area contributed by atoms with E-state index in [0.29, 0.717) is 10.5 Å². The van der Waals surface area contributed by atoms with Crippen molar-refractivity contribution in [2.45, 2.75) is 45.9 Å². The Labute approximate surface area is 227 Å². The van der Waals surface area contributed by atoms with Gasteiger partial charge in [0.15, 0.2) is 0 Å². The summed E-state index contributed by atoms with van der Waals surface area (Å²) in [6.45, 7) is 3.80. The maximum atomic E-state index is 13.1. The molecule has 3 atom stereocenters. The Morgan fingerprint density at radius 1 is 1.34 bits per heavy atom. The molecule has 1 aromatic carbocycles. The lowest BCUT2D eigenvalue weighted by Crippen LogP contribution is -2.62. The first kappa shape index (κ1) is 29.6. The zero-order chi connectivity index (χ0) is 28.2. The van der Waals surface area contributed by atoms with Gasteiger partial charge in [0.2, 0.25) is 11.8 Å². The second-order valence-corrected chi connectivity index (χ2v) is 11.2. The zero-order valence-corrected chi connectivity index (χ0v) is 22.8. The number of β-lactam (4-membered cyclic amide) rings is 1. The van der Waals surface area contributed by atoms with Crippen LogP contribution in [-0.2, 0) is 44.5 Å². The molecule has 0 bridgehead atoms. The van der Waals surface area contributed by atoms with Gasteiger partial charge in [-0.15, -0.1) is 0 Å². The summed E-state index contributed by atoms with van der Waals surface area (Å²) in [5.41, 5.74) is 0.283. The molecule has 1 N–H and O–H groups in total. The number of benzene rings is 1. The first-order valence-corrected chi connectivity index (χ1v) is 13.7. The molecule has 0 aliphatic carbocycles. The molecule has 2 heterocycles. The predicted octanol–water partition coefficient (Wildman–Crippen LogP) is 2.67. The minimum atomic E-state index is -4.32. The first-order valence-electron chi connectivity index (χ1n) is 11.2. The molecular formula is C22H24ClN3O10S2. The van der Waals surface area contributed by atoms with Gasteiger partial charge in [-0.3, -0.25) is 19.7 Å². The summed E-state index contributed by atoms with van der Waals surface area (Å²) < 4.78 is 38.9. The van der Waals surface area contributed by atoms with E-state index in [1.165, 1.54) is 56.1 Å². The van der Waals surface area contributed by atoms with E-state index in [2.05, 4.69) is 9.50 Å². The summed E-state index contributed by atoms with van der Waals surface area (Å²) in [6, 6.07) is 4.79. The molecule has 3 rings (SSSR count). The van der Waals surface area contributed by atoms with Gasteiger partial charge in [0.1, 0.15) is 12.3 Å². The highest BCUT2D eigenvalue weighted by atomic mass is 35.5. The number of rotatable bonds is 12. The lowest BCUT2D eigenvalue weighted by molar-refractivity contribution is -0.384. The average molecular weight is 590 g/mol. The van der Waals surface area contributed by atoms with Crippen LogP contribution < -0.4 is 5.32 Å². The smallest absolute Gasteiger partial charge is 0.400 e. The number of non-ortho nitro benzene ring substituents is 1. The number of hydrogen-bond acceptors (Lipinski definition) is 11. The summed E-state index contributed by atoms with van der Waals surface area (Å²) in [6.07, 6.45) is 0.305. The number of nitro benzene ring substituents is 1. The van der Waals surface area contributed by atoms with E-state index >= 15 is 0 Å². The number of hydrogen-bond donors (Lipinski definition) is 1. The molecule has 1 aromatic rings. The van der Waals surface area contributed by atoms with Crippen LogP contribution >= 0.6 is 23.4 Å². The topological polar surface area (TPSA) is 171 Å². The number of fused-ring (bicyclic) bond motifs is 1. The van der Waals surface area contributed by atoms with Gasteiger partial charge in [-0.25, -0.2) is 13.2 Å². The fourth-order valence-electron chi connectivity index (χ4n) is 3.95. The Bertz CT molecular complexity index is 1300. The van der Waals surface area contributed by atoms with Gasteiger partial charge in [-0.05, 0) is 31.5 Å². The standard InChI is InChI=1S/C22H24ClN3O10S2/c1-4-35-38(32,33)36-12(2)19-16-9-17(37-18(23)10-24-13(3)27)20(25(16)21(19)28)22(29)34-11-14-5-7-15(8-6-14)26(30)31/h5-8,10,12,16,19H,4,9,11H2,1-3H3,(H,24,27)/t12-,16+,19-/m0/s1. The SMILES string of the molecule is CCOS(=O)(=O)O[C@@H](C)[C@@H]1C(=O)N2C(C(=O)OCc3ccc([N+](=O)[O-])cc3)=C(SC(Cl)=CNC(C)=O)C[C@H]12. The van der Waals surface area contributed by atoms with Crippen LogP contribution in [0.4, 0.5) is 5.69 Å². The third kappa shape index (κ3) is 6.91. The normalized spacial score (nSPS) is 20.1. The van der Waals surface area contributed by atoms with E-state index in [9.17, 15) is 32.9 Å². The molecule has 38 heavy (non-hydrogen) atoms. The van der Waals surface area contributed by atoms with Gasteiger partial charge in [0.25, 0.3) is 5.69 Å². The Kier molecular flexibility index (Phi) is 9.54. The lowest BCUT2D eigenvalue weighted by Gasteiger charge is -2.45. The summed E-state index contributed by atoms with van der Waals surface area (Å²) in [5.74, 6) is -2.65. The summed E-state index contributed by atoms with van der Waals surface area (Å²) in [4.78, 5) is 49.2. The van der Waals surface area contributed by atoms with Crippen LogP contribution in [0, 0.1) is 16.0 Å². The molecule has 2 aliphatic rings. The van der Waals surface area contributed by atoms with E-state index in [0.717, 1.165) is 11.8 Å². The van der Waals surface area contributed by atoms with E-state index in [1.54, 1.807) is 0 Å². The minimum Gasteiger partial charge on any atom is -0.456 e. The molecule has 0 radical (unpaired) electrons. The number of thioether (sulfide) groups is 1. The molecule has 0 spiro atoms. The van der Waals surface area contributed by atoms with Gasteiger partial charge in [-0.1, -0.05) is 23.4 Å². The number of esters is 1. The number of amides is 2. The third-order valence-electron chi connectivity index (χ3n) is 5.53. The van der Waals surface area contributed by atoms with Gasteiger partial charge in [0, 0.05) is 36.6 Å². The number of nitrogens with zero attached hydrogens (tertiary/aromatic N) is 2. The summed E-state index contributed by atoms with van der Waals surface area (Å²) in [5, 5.41) is 13.2. The maximum Gasteiger partial charge on any atom is 0.400 e. The minimum absolute atomic E-state index is 0.0718. The predicted molar refractivity (Wildman–Crippen MR) is 135 cm³/mol. The van der Waals surface area contributed by atoms with Crippen molar-refractivity contribution in [1.29, 1.82) is 0 Å². The molecule has 0 saturated carbocycles. The molecule has 206 valence electrons. The van der Waals surface area contributed by atoms with Gasteiger partial charge in [0.05, 0.1) is 34.0 Å². The monoisotopic (exact) mass is 589 g/mol. The quantitative estimate of drug-likeness (QED) is 0.164. The van der Waals surface area contributed by atoms with Crippen molar-refractivity contribution in [3.63, 3.8) is 0 Å². The van der Waals surface area contributed by atoms with Crippen molar-refractivity contribution in [2.75, 3.05) is 6.61 Å². The van der Waals surface area contributed by atoms with Crippen LogP contribution in [0.15, 0.2) is 45.4 Å². The number of carbonyl (C=O) groups excluding carboxylic acids is 3. The fourth-order valence-corrected chi connectivity index (χ4v) is 6.01. The number of nitro groups is 1. The van der Waals surface area contributed by atoms with Crippen LogP contribution in [0.5, 0.6) is 0 Å². The fraction of sp³-hybridized carbons (Fsp3) is 0.409. The number of carbonyl (C=O) groups is 3. The Morgan fingerprint density at radius 2 is 2.00 bits per heavy atom. The van der Waals surface area contributed by atoms with Crippen LogP contribution in [0.1, 0.15) is 32.8 Å². The first-order chi connectivity index (χ1) is 17.8. The van der Waals surface area contributed by atoms with Crippen molar-refractivity contribution < 1.29 is 40.8 Å². The summed E-state index contributed by atoms with van der Waals surface area (Å²) in [7, 11) is -4.32. The van der Waals surface area contributed by atoms with Crippen LogP contribution in [0.25, 0.3) is 0 Å². The number of nitrogens with one attached hydrogen (secondary N) is 1. The van der Waals surface area contributed by atoms with Crippen molar-refractivity contribution >= 4 is 57.2 Å². The molecule has 16 heteroatoms. The number of halogens is 1. The molecule has 2 aliphatic heterocycles. The highest BCUT2D eigenvalue weighted by molar-refractivity contribution is 8.08. The van der Waals surface area contributed by atoms with Crippen molar-refractivity contribution in [3.8, 4) is 0 Å². The molecular weight excluding hydrogens is 566 g/mol. The van der Waals surface area contributed by atoms with E-state index in [1.807, 2.05) is 0 Å². The maximum absolute atomic E-state index is 13.1. The molecule has 13 nitrogen and oxygen atoms in total. The van der Waals surface area contributed by atoms with Crippen molar-refractivity contribution in [1.82, 2.24) is 10.2 Å².